The van der Waals surface area contributed by atoms with Gasteiger partial charge in [0.2, 0.25) is 11.8 Å². The van der Waals surface area contributed by atoms with Crippen LogP contribution < -0.4 is 5.32 Å². The maximum atomic E-state index is 12.2. The summed E-state index contributed by atoms with van der Waals surface area (Å²) in [6, 6.07) is 8.22. The second-order valence-corrected chi connectivity index (χ2v) is 8.93. The molecule has 6 rings (SSSR count). The summed E-state index contributed by atoms with van der Waals surface area (Å²) in [7, 11) is 1.51. The number of benzene rings is 1. The van der Waals surface area contributed by atoms with Crippen molar-refractivity contribution in [2.24, 2.45) is 10.8 Å². The van der Waals surface area contributed by atoms with Gasteiger partial charge in [-0.2, -0.15) is 0 Å². The molecule has 28 heavy (non-hydrogen) atoms. The molecule has 0 saturated heterocycles. The number of hydrogen-bond donors (Lipinski definition) is 1. The maximum Gasteiger partial charge on any atom is 0.311 e. The minimum absolute atomic E-state index is 0.00779. The van der Waals surface area contributed by atoms with Gasteiger partial charge in [0.05, 0.1) is 12.5 Å². The molecule has 0 amide bonds. The number of anilines is 1. The van der Waals surface area contributed by atoms with Crippen LogP contribution in [0.25, 0.3) is 11.5 Å². The van der Waals surface area contributed by atoms with Gasteiger partial charge in [-0.05, 0) is 75.0 Å². The third-order valence-electron chi connectivity index (χ3n) is 7.16. The van der Waals surface area contributed by atoms with E-state index in [1.165, 1.54) is 7.11 Å². The van der Waals surface area contributed by atoms with Crippen LogP contribution in [0.15, 0.2) is 28.7 Å². The Morgan fingerprint density at radius 3 is 2.61 bits per heavy atom. The lowest BCUT2D eigenvalue weighted by atomic mass is 9.53. The number of fused-ring (bicyclic) bond motifs is 3. The number of methoxy groups -OCH3 is 1. The van der Waals surface area contributed by atoms with Crippen molar-refractivity contribution in [3.63, 3.8) is 0 Å². The molecule has 0 radical (unpaired) electrons. The summed E-state index contributed by atoms with van der Waals surface area (Å²) in [6.45, 7) is 0.935. The lowest BCUT2D eigenvalue weighted by molar-refractivity contribution is -0.162. The molecular weight excluding hydrogens is 354 g/mol. The van der Waals surface area contributed by atoms with Gasteiger partial charge in [-0.1, -0.05) is 6.07 Å². The fraction of sp³-hybridized carbons (Fsp3) is 0.591. The third kappa shape index (κ3) is 3.09. The third-order valence-corrected chi connectivity index (χ3v) is 7.16. The largest absolute Gasteiger partial charge is 0.469 e. The van der Waals surface area contributed by atoms with E-state index in [-0.39, 0.29) is 16.8 Å². The lowest BCUT2D eigenvalue weighted by Gasteiger charge is -2.52. The highest BCUT2D eigenvalue weighted by atomic mass is 16.5. The van der Waals surface area contributed by atoms with Crippen molar-refractivity contribution >= 4 is 11.7 Å². The Balaban J connectivity index is 1.24. The lowest BCUT2D eigenvalue weighted by Crippen LogP contribution is -2.48. The summed E-state index contributed by atoms with van der Waals surface area (Å²) in [5.74, 6) is 1.83. The van der Waals surface area contributed by atoms with Gasteiger partial charge in [-0.3, -0.25) is 4.79 Å². The van der Waals surface area contributed by atoms with E-state index in [0.29, 0.717) is 11.8 Å². The Bertz CT molecular complexity index is 862. The van der Waals surface area contributed by atoms with Crippen LogP contribution in [0.2, 0.25) is 0 Å². The van der Waals surface area contributed by atoms with Crippen molar-refractivity contribution in [3.8, 4) is 11.5 Å². The smallest absolute Gasteiger partial charge is 0.311 e. The van der Waals surface area contributed by atoms with Crippen LogP contribution in [0.5, 0.6) is 0 Å². The number of rotatable bonds is 6. The monoisotopic (exact) mass is 381 g/mol. The minimum atomic E-state index is -0.215. The van der Waals surface area contributed by atoms with E-state index in [0.717, 1.165) is 75.1 Å². The van der Waals surface area contributed by atoms with Crippen molar-refractivity contribution in [1.29, 1.82) is 0 Å². The van der Waals surface area contributed by atoms with Crippen LogP contribution in [-0.4, -0.2) is 29.8 Å². The molecule has 4 aliphatic carbocycles. The summed E-state index contributed by atoms with van der Waals surface area (Å²) in [4.78, 5) is 12.2. The Hall–Kier alpha value is -2.37. The molecule has 0 unspecified atom stereocenters. The molecule has 6 heteroatoms. The zero-order chi connectivity index (χ0) is 19.2. The predicted octanol–water partition coefficient (Wildman–Crippen LogP) is 4.54. The highest BCUT2D eigenvalue weighted by Gasteiger charge is 2.52. The zero-order valence-electron chi connectivity index (χ0n) is 16.4. The van der Waals surface area contributed by atoms with Crippen molar-refractivity contribution in [2.45, 2.75) is 57.3 Å². The fourth-order valence-electron chi connectivity index (χ4n) is 4.95. The summed E-state index contributed by atoms with van der Waals surface area (Å²) in [5, 5.41) is 12.0. The second kappa shape index (κ2) is 6.61. The number of nitrogens with zero attached hydrogens (tertiary/aromatic N) is 2. The SMILES string of the molecule is COC(=O)C12CCC(CNc3cccc(-c4nnc(C5CC5)o4)c3)(CC1)CC2. The first-order chi connectivity index (χ1) is 13.6. The van der Waals surface area contributed by atoms with Crippen molar-refractivity contribution in [3.05, 3.63) is 30.2 Å². The number of carbonyl (C=O) groups is 1. The summed E-state index contributed by atoms with van der Waals surface area (Å²) >= 11 is 0. The van der Waals surface area contributed by atoms with E-state index < -0.39 is 0 Å². The Morgan fingerprint density at radius 1 is 1.18 bits per heavy atom. The van der Waals surface area contributed by atoms with E-state index in [9.17, 15) is 4.79 Å². The summed E-state index contributed by atoms with van der Waals surface area (Å²) < 4.78 is 10.9. The number of ether oxygens (including phenoxy) is 1. The number of aromatic nitrogens is 2. The molecule has 6 nitrogen and oxygen atoms in total. The van der Waals surface area contributed by atoms with Crippen LogP contribution >= 0.6 is 0 Å². The molecule has 148 valence electrons. The molecule has 4 fully saturated rings. The Labute approximate surface area is 165 Å². The molecule has 1 aromatic carbocycles. The quantitative estimate of drug-likeness (QED) is 0.740. The Morgan fingerprint density at radius 2 is 1.93 bits per heavy atom. The zero-order valence-corrected chi connectivity index (χ0v) is 16.4. The van der Waals surface area contributed by atoms with Crippen LogP contribution in [0.3, 0.4) is 0 Å². The van der Waals surface area contributed by atoms with Gasteiger partial charge in [0.1, 0.15) is 0 Å². The molecule has 0 aliphatic heterocycles. The van der Waals surface area contributed by atoms with E-state index >= 15 is 0 Å². The molecule has 1 heterocycles. The van der Waals surface area contributed by atoms with Crippen LogP contribution in [0.4, 0.5) is 5.69 Å². The molecule has 4 aliphatic rings. The first-order valence-electron chi connectivity index (χ1n) is 10.4. The van der Waals surface area contributed by atoms with E-state index in [1.54, 1.807) is 0 Å². The van der Waals surface area contributed by atoms with Crippen molar-refractivity contribution < 1.29 is 13.9 Å². The molecule has 2 bridgehead atoms. The number of carbonyl (C=O) groups excluding carboxylic acids is 1. The molecule has 4 saturated carbocycles. The van der Waals surface area contributed by atoms with E-state index in [2.05, 4.69) is 27.6 Å². The topological polar surface area (TPSA) is 77.2 Å². The van der Waals surface area contributed by atoms with Gasteiger partial charge < -0.3 is 14.5 Å². The predicted molar refractivity (Wildman–Crippen MR) is 105 cm³/mol. The van der Waals surface area contributed by atoms with Gasteiger partial charge in [0.25, 0.3) is 0 Å². The first-order valence-corrected chi connectivity index (χ1v) is 10.4. The molecular formula is C22H27N3O3. The van der Waals surface area contributed by atoms with Crippen LogP contribution in [-0.2, 0) is 9.53 Å². The molecule has 1 aromatic heterocycles. The van der Waals surface area contributed by atoms with Crippen molar-refractivity contribution in [1.82, 2.24) is 10.2 Å². The standard InChI is InChI=1S/C22H27N3O3/c1-27-20(26)22-10-7-21(8-11-22,9-12-22)14-23-17-4-2-3-16(13-17)19-25-24-18(28-19)15-5-6-15/h2-4,13,15,23H,5-12,14H2,1H3. The molecule has 2 aromatic rings. The van der Waals surface area contributed by atoms with Gasteiger partial charge in [-0.25, -0.2) is 0 Å². The highest BCUT2D eigenvalue weighted by molar-refractivity contribution is 5.77. The van der Waals surface area contributed by atoms with Gasteiger partial charge in [-0.15, -0.1) is 10.2 Å². The van der Waals surface area contributed by atoms with Gasteiger partial charge in [0.15, 0.2) is 0 Å². The maximum absolute atomic E-state index is 12.2. The van der Waals surface area contributed by atoms with Gasteiger partial charge in [0, 0.05) is 23.7 Å². The second-order valence-electron chi connectivity index (χ2n) is 8.93. The highest BCUT2D eigenvalue weighted by Crippen LogP contribution is 2.57. The first kappa shape index (κ1) is 17.7. The molecule has 0 atom stereocenters. The van der Waals surface area contributed by atoms with E-state index in [4.69, 9.17) is 9.15 Å². The van der Waals surface area contributed by atoms with Crippen LogP contribution in [0, 0.1) is 10.8 Å². The average molecular weight is 381 g/mol. The fourth-order valence-corrected chi connectivity index (χ4v) is 4.95. The summed E-state index contributed by atoms with van der Waals surface area (Å²) in [5.41, 5.74) is 2.11. The average Bonchev–Trinajstić information content (AvgIpc) is 3.50. The van der Waals surface area contributed by atoms with Crippen LogP contribution in [0.1, 0.15) is 63.2 Å². The van der Waals surface area contributed by atoms with E-state index in [1.807, 2.05) is 12.1 Å². The normalized spacial score (nSPS) is 28.9. The number of nitrogens with one attached hydrogen (secondary N) is 1. The van der Waals surface area contributed by atoms with Crippen molar-refractivity contribution in [2.75, 3.05) is 19.0 Å². The number of hydrogen-bond acceptors (Lipinski definition) is 6. The minimum Gasteiger partial charge on any atom is -0.469 e. The van der Waals surface area contributed by atoms with Gasteiger partial charge >= 0.3 is 5.97 Å². The Kier molecular flexibility index (Phi) is 4.18. The number of esters is 1. The molecule has 0 spiro atoms. The summed E-state index contributed by atoms with van der Waals surface area (Å²) in [6.07, 6.45) is 8.43. The molecule has 1 N–H and O–H groups in total.